The monoisotopic (exact) mass is 371 g/mol. The van der Waals surface area contributed by atoms with E-state index in [-0.39, 0.29) is 41.1 Å². The maximum Gasteiger partial charge on any atom is 0.316 e. The van der Waals surface area contributed by atoms with Crippen LogP contribution >= 0.6 is 11.8 Å². The lowest BCUT2D eigenvalue weighted by Gasteiger charge is -2.14. The van der Waals surface area contributed by atoms with Crippen molar-refractivity contribution < 1.29 is 22.7 Å². The second-order valence-electron chi connectivity index (χ2n) is 5.70. The number of ether oxygens (including phenoxy) is 1. The van der Waals surface area contributed by atoms with E-state index in [1.807, 2.05) is 37.3 Å². The molecule has 0 aliphatic carbocycles. The summed E-state index contributed by atoms with van der Waals surface area (Å²) < 4.78 is 27.6. The highest BCUT2D eigenvalue weighted by atomic mass is 32.2. The molecule has 0 radical (unpaired) electrons. The number of thioether (sulfide) groups is 1. The van der Waals surface area contributed by atoms with Crippen LogP contribution in [0.1, 0.15) is 24.9 Å². The molecule has 0 unspecified atom stereocenters. The highest BCUT2D eigenvalue weighted by Gasteiger charge is 2.28. The Morgan fingerprint density at radius 1 is 1.33 bits per heavy atom. The number of carbonyl (C=O) groups excluding carboxylic acids is 2. The summed E-state index contributed by atoms with van der Waals surface area (Å²) in [5, 5.41) is 2.70. The fourth-order valence-electron chi connectivity index (χ4n) is 2.37. The highest BCUT2D eigenvalue weighted by molar-refractivity contribution is 8.02. The van der Waals surface area contributed by atoms with Gasteiger partial charge in [0.15, 0.2) is 16.4 Å². The lowest BCUT2D eigenvalue weighted by atomic mass is 10.1. The number of sulfone groups is 1. The van der Waals surface area contributed by atoms with Crippen molar-refractivity contribution >= 4 is 33.5 Å². The van der Waals surface area contributed by atoms with Gasteiger partial charge in [-0.25, -0.2) is 8.42 Å². The number of benzene rings is 1. The van der Waals surface area contributed by atoms with Crippen molar-refractivity contribution in [1.82, 2.24) is 5.32 Å². The third-order valence-electron chi connectivity index (χ3n) is 3.67. The Kier molecular flexibility index (Phi) is 6.68. The molecule has 1 aromatic carbocycles. The molecule has 1 amide bonds. The van der Waals surface area contributed by atoms with E-state index < -0.39 is 15.8 Å². The number of nitrogens with one attached hydrogen (secondary N) is 1. The fourth-order valence-corrected chi connectivity index (χ4v) is 5.81. The number of carbonyl (C=O) groups is 2. The van der Waals surface area contributed by atoms with Gasteiger partial charge in [-0.15, -0.1) is 11.8 Å². The van der Waals surface area contributed by atoms with E-state index >= 15 is 0 Å². The van der Waals surface area contributed by atoms with Gasteiger partial charge in [0.05, 0.1) is 23.3 Å². The molecule has 8 heteroatoms. The number of hydrogen-bond donors (Lipinski definition) is 1. The van der Waals surface area contributed by atoms with E-state index in [4.69, 9.17) is 4.74 Å². The van der Waals surface area contributed by atoms with Gasteiger partial charge in [-0.05, 0) is 18.9 Å². The van der Waals surface area contributed by atoms with Crippen molar-refractivity contribution in [2.45, 2.75) is 24.6 Å². The van der Waals surface area contributed by atoms with Crippen LogP contribution in [-0.2, 0) is 24.2 Å². The first-order valence-electron chi connectivity index (χ1n) is 7.68. The van der Waals surface area contributed by atoms with Crippen molar-refractivity contribution in [3.05, 3.63) is 35.9 Å². The van der Waals surface area contributed by atoms with Gasteiger partial charge in [-0.1, -0.05) is 30.3 Å². The van der Waals surface area contributed by atoms with Gasteiger partial charge in [-0.2, -0.15) is 0 Å². The van der Waals surface area contributed by atoms with Crippen LogP contribution in [0.2, 0.25) is 0 Å². The normalized spacial score (nSPS) is 20.3. The second kappa shape index (κ2) is 8.53. The van der Waals surface area contributed by atoms with Gasteiger partial charge in [0.1, 0.15) is 0 Å². The Hall–Kier alpha value is -1.54. The lowest BCUT2D eigenvalue weighted by Crippen LogP contribution is -2.31. The van der Waals surface area contributed by atoms with E-state index in [0.717, 1.165) is 5.56 Å². The van der Waals surface area contributed by atoms with Gasteiger partial charge in [0.25, 0.3) is 5.91 Å². The van der Waals surface area contributed by atoms with E-state index in [1.165, 1.54) is 11.8 Å². The van der Waals surface area contributed by atoms with Crippen LogP contribution in [0.3, 0.4) is 0 Å². The smallest absolute Gasteiger partial charge is 0.316 e. The number of rotatable bonds is 7. The molecule has 1 aromatic rings. The van der Waals surface area contributed by atoms with Crippen LogP contribution in [0.15, 0.2) is 30.3 Å². The fraction of sp³-hybridized carbons (Fsp3) is 0.500. The standard InChI is InChI=1S/C16H21NO5S2/c1-12(13-5-3-2-4-6-13)17-15(18)9-22-16(19)10-23-14-7-8-24(20,21)11-14/h2-6,12,14H,7-11H2,1H3,(H,17,18)/t12-,14-/m1/s1. The maximum atomic E-state index is 11.8. The minimum Gasteiger partial charge on any atom is -0.455 e. The van der Waals surface area contributed by atoms with Gasteiger partial charge in [-0.3, -0.25) is 9.59 Å². The molecule has 2 atom stereocenters. The molecule has 1 saturated heterocycles. The molecule has 0 spiro atoms. The Balaban J connectivity index is 1.65. The number of amides is 1. The zero-order valence-corrected chi connectivity index (χ0v) is 15.1. The minimum atomic E-state index is -2.95. The third-order valence-corrected chi connectivity index (χ3v) is 6.92. The molecule has 2 rings (SSSR count). The molecule has 6 nitrogen and oxygen atoms in total. The maximum absolute atomic E-state index is 11.8. The average molecular weight is 371 g/mol. The van der Waals surface area contributed by atoms with Crippen molar-refractivity contribution in [3.8, 4) is 0 Å². The summed E-state index contributed by atoms with van der Waals surface area (Å²) in [4.78, 5) is 23.5. The predicted molar refractivity (Wildman–Crippen MR) is 93.5 cm³/mol. The molecule has 1 heterocycles. The summed E-state index contributed by atoms with van der Waals surface area (Å²) in [5.41, 5.74) is 0.968. The van der Waals surface area contributed by atoms with E-state index in [1.54, 1.807) is 0 Å². The summed E-state index contributed by atoms with van der Waals surface area (Å²) in [6, 6.07) is 9.31. The van der Waals surface area contributed by atoms with Crippen LogP contribution < -0.4 is 5.32 Å². The molecule has 0 bridgehead atoms. The van der Waals surface area contributed by atoms with Gasteiger partial charge in [0.2, 0.25) is 0 Å². The zero-order chi connectivity index (χ0) is 17.6. The highest BCUT2D eigenvalue weighted by Crippen LogP contribution is 2.24. The molecule has 0 saturated carbocycles. The summed E-state index contributed by atoms with van der Waals surface area (Å²) in [6.45, 7) is 1.52. The summed E-state index contributed by atoms with van der Waals surface area (Å²) in [7, 11) is -2.95. The molecule has 24 heavy (non-hydrogen) atoms. The van der Waals surface area contributed by atoms with Crippen molar-refractivity contribution in [2.75, 3.05) is 23.9 Å². The molecule has 0 aromatic heterocycles. The first-order chi connectivity index (χ1) is 11.4. The topological polar surface area (TPSA) is 89.5 Å². The van der Waals surface area contributed by atoms with Gasteiger partial charge < -0.3 is 10.1 Å². The van der Waals surface area contributed by atoms with Crippen LogP contribution in [0.4, 0.5) is 0 Å². The Morgan fingerprint density at radius 2 is 2.04 bits per heavy atom. The Labute approximate surface area is 146 Å². The van der Waals surface area contributed by atoms with E-state index in [2.05, 4.69) is 5.32 Å². The van der Waals surface area contributed by atoms with Gasteiger partial charge >= 0.3 is 5.97 Å². The number of esters is 1. The average Bonchev–Trinajstić information content (AvgIpc) is 2.91. The molecule has 1 aliphatic heterocycles. The molecule has 1 aliphatic rings. The van der Waals surface area contributed by atoms with Crippen molar-refractivity contribution in [2.24, 2.45) is 0 Å². The third kappa shape index (κ3) is 6.16. The molecule has 132 valence electrons. The van der Waals surface area contributed by atoms with Crippen LogP contribution in [0, 0.1) is 0 Å². The quantitative estimate of drug-likeness (QED) is 0.727. The van der Waals surface area contributed by atoms with Crippen molar-refractivity contribution in [1.29, 1.82) is 0 Å². The molecular weight excluding hydrogens is 350 g/mol. The van der Waals surface area contributed by atoms with E-state index in [9.17, 15) is 18.0 Å². The minimum absolute atomic E-state index is 0.0572. The largest absolute Gasteiger partial charge is 0.455 e. The Bertz CT molecular complexity index is 675. The molecular formula is C16H21NO5S2. The zero-order valence-electron chi connectivity index (χ0n) is 13.4. The lowest BCUT2D eigenvalue weighted by molar-refractivity contribution is -0.146. The first-order valence-corrected chi connectivity index (χ1v) is 10.5. The summed E-state index contributed by atoms with van der Waals surface area (Å²) in [5.74, 6) is -0.527. The predicted octanol–water partition coefficient (Wildman–Crippen LogP) is 1.33. The van der Waals surface area contributed by atoms with Crippen molar-refractivity contribution in [3.63, 3.8) is 0 Å². The molecule has 1 fully saturated rings. The van der Waals surface area contributed by atoms with Crippen LogP contribution in [-0.4, -0.2) is 49.4 Å². The Morgan fingerprint density at radius 3 is 2.67 bits per heavy atom. The summed E-state index contributed by atoms with van der Waals surface area (Å²) in [6.07, 6.45) is 0.565. The molecule has 1 N–H and O–H groups in total. The van der Waals surface area contributed by atoms with Crippen LogP contribution in [0.25, 0.3) is 0 Å². The number of hydrogen-bond acceptors (Lipinski definition) is 6. The van der Waals surface area contributed by atoms with E-state index in [0.29, 0.717) is 6.42 Å². The first kappa shape index (κ1) is 18.8. The van der Waals surface area contributed by atoms with Gasteiger partial charge in [0, 0.05) is 5.25 Å². The second-order valence-corrected chi connectivity index (χ2v) is 9.21. The SMILES string of the molecule is C[C@@H](NC(=O)COC(=O)CS[C@@H]1CCS(=O)(=O)C1)c1ccccc1. The summed E-state index contributed by atoms with van der Waals surface area (Å²) >= 11 is 1.27. The van der Waals surface area contributed by atoms with Crippen LogP contribution in [0.5, 0.6) is 0 Å².